The molecule has 9 nitrogen and oxygen atoms in total. The molecule has 0 spiro atoms. The fourth-order valence-corrected chi connectivity index (χ4v) is 5.67. The van der Waals surface area contributed by atoms with E-state index >= 15 is 0 Å². The number of hydrogen-bond donors (Lipinski definition) is 1. The summed E-state index contributed by atoms with van der Waals surface area (Å²) < 4.78 is 53.0. The van der Waals surface area contributed by atoms with Gasteiger partial charge in [-0.2, -0.15) is 0 Å². The molecule has 12 heteroatoms. The Labute approximate surface area is 238 Å². The molecule has 0 saturated heterocycles. The molecule has 0 aromatic heterocycles. The predicted octanol–water partition coefficient (Wildman–Crippen LogP) is 4.25. The number of amides is 2. The van der Waals surface area contributed by atoms with Gasteiger partial charge in [0.1, 0.15) is 18.4 Å². The zero-order chi connectivity index (χ0) is 29.4. The lowest BCUT2D eigenvalue weighted by atomic mass is 10.1. The molecule has 1 atom stereocenters. The van der Waals surface area contributed by atoms with Crippen molar-refractivity contribution in [3.05, 3.63) is 83.1 Å². The number of carbonyl (C=O) groups excluding carboxylic acids is 2. The van der Waals surface area contributed by atoms with Crippen LogP contribution in [-0.2, 0) is 26.2 Å². The SMILES string of the molecule is CC[C@H](C(=O)NC)N(Cc1ccc(Cl)cc1)C(=O)CN(c1ccc(F)cc1)S(=O)(=O)c1ccc(OC)c(OC)c1. The monoisotopic (exact) mass is 591 g/mol. The third-order valence-corrected chi connectivity index (χ3v) is 8.26. The van der Waals surface area contributed by atoms with Crippen LogP contribution in [0.25, 0.3) is 0 Å². The van der Waals surface area contributed by atoms with Crippen LogP contribution >= 0.6 is 11.6 Å². The molecule has 3 rings (SSSR count). The Kier molecular flexibility index (Phi) is 10.4. The number of ether oxygens (including phenoxy) is 2. The highest BCUT2D eigenvalue weighted by atomic mass is 35.5. The summed E-state index contributed by atoms with van der Waals surface area (Å²) in [6, 6.07) is 14.6. The van der Waals surface area contributed by atoms with Gasteiger partial charge in [0.05, 0.1) is 24.8 Å². The first kappa shape index (κ1) is 30.7. The van der Waals surface area contributed by atoms with E-state index in [0.717, 1.165) is 16.4 Å². The summed E-state index contributed by atoms with van der Waals surface area (Å²) >= 11 is 6.01. The minimum atomic E-state index is -4.38. The molecular formula is C28H31ClFN3O6S. The van der Waals surface area contributed by atoms with E-state index in [0.29, 0.717) is 16.3 Å². The van der Waals surface area contributed by atoms with Crippen LogP contribution in [0.5, 0.6) is 11.5 Å². The van der Waals surface area contributed by atoms with Crippen LogP contribution in [0.2, 0.25) is 5.02 Å². The van der Waals surface area contributed by atoms with Gasteiger partial charge in [-0.15, -0.1) is 0 Å². The fourth-order valence-electron chi connectivity index (χ4n) is 4.11. The first-order chi connectivity index (χ1) is 19.0. The molecule has 0 fully saturated rings. The topological polar surface area (TPSA) is 105 Å². The summed E-state index contributed by atoms with van der Waals surface area (Å²) in [5.74, 6) is -1.13. The molecule has 3 aromatic carbocycles. The van der Waals surface area contributed by atoms with Crippen molar-refractivity contribution in [1.82, 2.24) is 10.2 Å². The Hall–Kier alpha value is -3.83. The molecule has 0 saturated carbocycles. The molecule has 0 unspecified atom stereocenters. The summed E-state index contributed by atoms with van der Waals surface area (Å²) in [5, 5.41) is 3.07. The smallest absolute Gasteiger partial charge is 0.264 e. The third kappa shape index (κ3) is 7.02. The molecule has 40 heavy (non-hydrogen) atoms. The number of methoxy groups -OCH3 is 2. The fraction of sp³-hybridized carbons (Fsp3) is 0.286. The second-order valence-corrected chi connectivity index (χ2v) is 11.0. The van der Waals surface area contributed by atoms with E-state index in [1.807, 2.05) is 0 Å². The van der Waals surface area contributed by atoms with Crippen molar-refractivity contribution in [3.63, 3.8) is 0 Å². The molecule has 0 radical (unpaired) electrons. The van der Waals surface area contributed by atoms with Gasteiger partial charge in [0, 0.05) is 24.7 Å². The molecule has 2 amide bonds. The molecule has 214 valence electrons. The van der Waals surface area contributed by atoms with Gasteiger partial charge in [-0.05, 0) is 60.5 Å². The van der Waals surface area contributed by atoms with Crippen LogP contribution < -0.4 is 19.1 Å². The summed E-state index contributed by atoms with van der Waals surface area (Å²) in [4.78, 5) is 27.8. The number of hydrogen-bond acceptors (Lipinski definition) is 6. The van der Waals surface area contributed by atoms with Gasteiger partial charge in [0.2, 0.25) is 11.8 Å². The predicted molar refractivity (Wildman–Crippen MR) is 151 cm³/mol. The maximum Gasteiger partial charge on any atom is 0.264 e. The summed E-state index contributed by atoms with van der Waals surface area (Å²) in [6.07, 6.45) is 0.276. The van der Waals surface area contributed by atoms with E-state index in [-0.39, 0.29) is 29.3 Å². The number of benzene rings is 3. The van der Waals surface area contributed by atoms with Crippen molar-refractivity contribution in [2.75, 3.05) is 32.1 Å². The zero-order valence-electron chi connectivity index (χ0n) is 22.6. The first-order valence-electron chi connectivity index (χ1n) is 12.3. The maximum atomic E-state index is 13.9. The van der Waals surface area contributed by atoms with Crippen molar-refractivity contribution in [2.24, 2.45) is 0 Å². The number of carbonyl (C=O) groups is 2. The highest BCUT2D eigenvalue weighted by Crippen LogP contribution is 2.32. The van der Waals surface area contributed by atoms with Crippen LogP contribution in [0.4, 0.5) is 10.1 Å². The van der Waals surface area contributed by atoms with Crippen molar-refractivity contribution >= 4 is 39.1 Å². The second-order valence-electron chi connectivity index (χ2n) is 8.69. The standard InChI is InChI=1S/C28H31ClFN3O6S/c1-5-24(28(35)31-2)32(17-19-6-8-20(29)9-7-19)27(34)18-33(22-12-10-21(30)11-13-22)40(36,37)23-14-15-25(38-3)26(16-23)39-4/h6-16,24H,5,17-18H2,1-4H3,(H,31,35)/t24-/m1/s1. The maximum absolute atomic E-state index is 13.9. The van der Waals surface area contributed by atoms with Gasteiger partial charge in [-0.3, -0.25) is 13.9 Å². The van der Waals surface area contributed by atoms with Crippen LogP contribution in [0.1, 0.15) is 18.9 Å². The number of likely N-dealkylation sites (N-methyl/N-ethyl adjacent to an activating group) is 1. The van der Waals surface area contributed by atoms with Crippen molar-refractivity contribution in [1.29, 1.82) is 0 Å². The van der Waals surface area contributed by atoms with E-state index < -0.39 is 40.2 Å². The Morgan fingerprint density at radius 3 is 2.15 bits per heavy atom. The molecule has 1 N–H and O–H groups in total. The minimum Gasteiger partial charge on any atom is -0.493 e. The Morgan fingerprint density at radius 1 is 0.975 bits per heavy atom. The normalized spacial score (nSPS) is 11.8. The van der Waals surface area contributed by atoms with Crippen molar-refractivity contribution in [3.8, 4) is 11.5 Å². The number of anilines is 1. The number of sulfonamides is 1. The quantitative estimate of drug-likeness (QED) is 0.338. The summed E-state index contributed by atoms with van der Waals surface area (Å²) in [5.41, 5.74) is 0.750. The van der Waals surface area contributed by atoms with Gasteiger partial charge < -0.3 is 19.7 Å². The Balaban J connectivity index is 2.08. The number of nitrogens with zero attached hydrogens (tertiary/aromatic N) is 2. The average molecular weight is 592 g/mol. The molecular weight excluding hydrogens is 561 g/mol. The highest BCUT2D eigenvalue weighted by Gasteiger charge is 2.33. The summed E-state index contributed by atoms with van der Waals surface area (Å²) in [6.45, 7) is 1.11. The van der Waals surface area contributed by atoms with E-state index in [1.165, 1.54) is 56.5 Å². The first-order valence-corrected chi connectivity index (χ1v) is 14.1. The second kappa shape index (κ2) is 13.5. The lowest BCUT2D eigenvalue weighted by Gasteiger charge is -2.33. The largest absolute Gasteiger partial charge is 0.493 e. The van der Waals surface area contributed by atoms with E-state index in [2.05, 4.69) is 5.32 Å². The van der Waals surface area contributed by atoms with Gasteiger partial charge >= 0.3 is 0 Å². The van der Waals surface area contributed by atoms with E-state index in [4.69, 9.17) is 21.1 Å². The lowest BCUT2D eigenvalue weighted by Crippen LogP contribution is -2.51. The molecule has 0 aliphatic rings. The average Bonchev–Trinajstić information content (AvgIpc) is 2.96. The van der Waals surface area contributed by atoms with Crippen LogP contribution in [0.3, 0.4) is 0 Å². The zero-order valence-corrected chi connectivity index (χ0v) is 24.1. The number of halogens is 2. The van der Waals surface area contributed by atoms with E-state index in [9.17, 15) is 22.4 Å². The van der Waals surface area contributed by atoms with Gasteiger partial charge in [0.25, 0.3) is 10.0 Å². The number of nitrogens with one attached hydrogen (secondary N) is 1. The Bertz CT molecular complexity index is 1440. The van der Waals surface area contributed by atoms with Crippen LogP contribution in [0, 0.1) is 5.82 Å². The molecule has 3 aromatic rings. The minimum absolute atomic E-state index is 0.0234. The van der Waals surface area contributed by atoms with Gasteiger partial charge in [-0.1, -0.05) is 30.7 Å². The third-order valence-electron chi connectivity index (χ3n) is 6.23. The lowest BCUT2D eigenvalue weighted by molar-refractivity contribution is -0.140. The van der Waals surface area contributed by atoms with Gasteiger partial charge in [-0.25, -0.2) is 12.8 Å². The molecule has 0 aliphatic carbocycles. The van der Waals surface area contributed by atoms with Crippen LogP contribution in [0.15, 0.2) is 71.6 Å². The van der Waals surface area contributed by atoms with Gasteiger partial charge in [0.15, 0.2) is 11.5 Å². The molecule has 0 bridgehead atoms. The van der Waals surface area contributed by atoms with Crippen molar-refractivity contribution < 1.29 is 31.9 Å². The molecule has 0 aliphatic heterocycles. The molecule has 0 heterocycles. The van der Waals surface area contributed by atoms with E-state index in [1.54, 1.807) is 31.2 Å². The summed E-state index contributed by atoms with van der Waals surface area (Å²) in [7, 11) is -0.132. The van der Waals surface area contributed by atoms with Crippen LogP contribution in [-0.4, -0.2) is 59.0 Å². The van der Waals surface area contributed by atoms with Crippen molar-refractivity contribution in [2.45, 2.75) is 30.8 Å². The highest BCUT2D eigenvalue weighted by molar-refractivity contribution is 7.92. The Morgan fingerprint density at radius 2 is 1.60 bits per heavy atom. The number of rotatable bonds is 12.